The average Bonchev–Trinajstić information content (AvgIpc) is 2.98. The Bertz CT molecular complexity index is 1050. The zero-order valence-electron chi connectivity index (χ0n) is 16.6. The van der Waals surface area contributed by atoms with E-state index in [1.807, 2.05) is 0 Å². The molecule has 0 saturated heterocycles. The second kappa shape index (κ2) is 6.95. The Morgan fingerprint density at radius 3 is 2.45 bits per heavy atom. The van der Waals surface area contributed by atoms with Crippen molar-refractivity contribution in [2.24, 2.45) is 5.10 Å². The number of benzene rings is 1. The minimum Gasteiger partial charge on any atom is -0.443 e. The van der Waals surface area contributed by atoms with Crippen LogP contribution in [0, 0.1) is 0 Å². The molecule has 0 aliphatic carbocycles. The van der Waals surface area contributed by atoms with E-state index in [1.165, 1.54) is 23.2 Å². The summed E-state index contributed by atoms with van der Waals surface area (Å²) in [4.78, 5) is 12.1. The molecule has 29 heavy (non-hydrogen) atoms. The fraction of sp³-hybridized carbons (Fsp3) is 0.350. The van der Waals surface area contributed by atoms with E-state index in [9.17, 15) is 18.0 Å². The number of fused-ring (bicyclic) bond motifs is 1. The van der Waals surface area contributed by atoms with Gasteiger partial charge in [-0.05, 0) is 46.3 Å². The van der Waals surface area contributed by atoms with Crippen LogP contribution in [0.25, 0.3) is 0 Å². The number of carbonyl (C=O) groups excluding carboxylic acids is 1. The largest absolute Gasteiger partial charge is 0.443 e. The van der Waals surface area contributed by atoms with Gasteiger partial charge in [0.25, 0.3) is 5.87 Å². The summed E-state index contributed by atoms with van der Waals surface area (Å²) in [5.41, 5.74) is -0.250. The molecule has 0 aromatic heterocycles. The second-order valence-electron chi connectivity index (χ2n) is 7.58. The number of nitrogens with one attached hydrogen (secondary N) is 1. The fourth-order valence-electron chi connectivity index (χ4n) is 2.84. The zero-order chi connectivity index (χ0) is 21.6. The summed E-state index contributed by atoms with van der Waals surface area (Å²) < 4.78 is 49.8. The van der Waals surface area contributed by atoms with E-state index >= 15 is 0 Å². The predicted octanol–water partition coefficient (Wildman–Crippen LogP) is 3.58. The molecule has 0 bridgehead atoms. The van der Waals surface area contributed by atoms with E-state index in [1.54, 1.807) is 34.6 Å². The number of hydrogen-bond acceptors (Lipinski definition) is 4. The molecule has 0 unspecified atom stereocenters. The molecule has 2 aliphatic rings. The number of alkyl halides is 3. The molecule has 6 nitrogen and oxygen atoms in total. The Morgan fingerprint density at radius 1 is 1.17 bits per heavy atom. The molecule has 1 aromatic carbocycles. The SMILES string of the molecule is CC1=C(C)C2=[N+]=C=C(NC(=O)OC(C)(C)C)N2N=C1c1ccccc1C(F)(F)F. The van der Waals surface area contributed by atoms with Crippen molar-refractivity contribution in [3.8, 4) is 0 Å². The Morgan fingerprint density at radius 2 is 1.83 bits per heavy atom. The van der Waals surface area contributed by atoms with Gasteiger partial charge in [0, 0.05) is 5.56 Å². The van der Waals surface area contributed by atoms with Crippen molar-refractivity contribution in [1.29, 1.82) is 0 Å². The minimum atomic E-state index is -4.54. The summed E-state index contributed by atoms with van der Waals surface area (Å²) in [6.45, 7) is 8.54. The highest BCUT2D eigenvalue weighted by atomic mass is 19.4. The van der Waals surface area contributed by atoms with E-state index in [0.717, 1.165) is 6.07 Å². The number of allylic oxidation sites excluding steroid dienone is 1. The first-order valence-corrected chi connectivity index (χ1v) is 8.82. The van der Waals surface area contributed by atoms with Crippen molar-refractivity contribution in [3.63, 3.8) is 0 Å². The molecule has 9 heteroatoms. The van der Waals surface area contributed by atoms with Crippen LogP contribution in [0.3, 0.4) is 0 Å². The first-order valence-electron chi connectivity index (χ1n) is 8.82. The van der Waals surface area contributed by atoms with Gasteiger partial charge in [-0.2, -0.15) is 13.2 Å². The number of amides is 1. The van der Waals surface area contributed by atoms with Crippen LogP contribution in [-0.4, -0.2) is 34.1 Å². The van der Waals surface area contributed by atoms with E-state index in [0.29, 0.717) is 17.0 Å². The number of amidine groups is 1. The molecule has 0 radical (unpaired) electrons. The molecule has 2 aliphatic heterocycles. The van der Waals surface area contributed by atoms with Gasteiger partial charge < -0.3 is 4.74 Å². The van der Waals surface area contributed by atoms with Crippen LogP contribution < -0.4 is 9.98 Å². The maximum Gasteiger partial charge on any atom is 0.417 e. The molecule has 0 spiro atoms. The summed E-state index contributed by atoms with van der Waals surface area (Å²) >= 11 is 0. The van der Waals surface area contributed by atoms with Crippen LogP contribution in [0.5, 0.6) is 0 Å². The third kappa shape index (κ3) is 4.11. The molecule has 0 fully saturated rings. The number of carbonyl (C=O) groups is 1. The van der Waals surface area contributed by atoms with Gasteiger partial charge >= 0.3 is 23.9 Å². The number of hydrogen-bond donors (Lipinski definition) is 1. The first kappa shape index (κ1) is 20.5. The predicted molar refractivity (Wildman–Crippen MR) is 103 cm³/mol. The first-order chi connectivity index (χ1) is 13.4. The van der Waals surface area contributed by atoms with Gasteiger partial charge in [-0.1, -0.05) is 28.3 Å². The van der Waals surface area contributed by atoms with E-state index in [4.69, 9.17) is 4.74 Å². The van der Waals surface area contributed by atoms with Crippen LogP contribution in [0.15, 0.2) is 46.3 Å². The molecule has 0 saturated carbocycles. The van der Waals surface area contributed by atoms with E-state index in [-0.39, 0.29) is 17.1 Å². The Balaban J connectivity index is 2.02. The maximum absolute atomic E-state index is 13.5. The van der Waals surface area contributed by atoms with Gasteiger partial charge in [0.05, 0.1) is 11.1 Å². The standard InChI is InChI=1S/C20H19F3N4O2/c1-11-12(2)17-24-10-15(25-18(28)29-19(3,4)5)27(17)26-16(11)13-8-6-7-9-14(13)20(21,22)23/h6-9H,1-5H3/p+1. The van der Waals surface area contributed by atoms with Gasteiger partial charge in [-0.25, -0.2) is 10.1 Å². The molecule has 1 N–H and O–H groups in total. The smallest absolute Gasteiger partial charge is 0.417 e. The minimum absolute atomic E-state index is 0.0561. The highest BCUT2D eigenvalue weighted by molar-refractivity contribution is 6.21. The molecular weight excluding hydrogens is 385 g/mol. The van der Waals surface area contributed by atoms with Gasteiger partial charge in [-0.3, -0.25) is 0 Å². The summed E-state index contributed by atoms with van der Waals surface area (Å²) in [5.74, 6) is 3.09. The summed E-state index contributed by atoms with van der Waals surface area (Å²) in [5, 5.41) is 8.09. The lowest BCUT2D eigenvalue weighted by Gasteiger charge is -2.22. The number of halogens is 3. The number of alkyl carbamates (subject to hydrolysis) is 1. The molecular formula is C20H20F3N4O2+. The number of ether oxygens (including phenoxy) is 1. The molecule has 3 rings (SSSR count). The second-order valence-corrected chi connectivity index (χ2v) is 7.58. The number of nitrogens with zero attached hydrogens (tertiary/aromatic N) is 3. The normalized spacial score (nSPS) is 16.3. The Kier molecular flexibility index (Phi) is 4.91. The topological polar surface area (TPSA) is 68.0 Å². The van der Waals surface area contributed by atoms with Gasteiger partial charge in [0.2, 0.25) is 0 Å². The van der Waals surface area contributed by atoms with Crippen molar-refractivity contribution in [2.75, 3.05) is 0 Å². The highest BCUT2D eigenvalue weighted by Crippen LogP contribution is 2.34. The third-order valence-corrected chi connectivity index (χ3v) is 4.24. The van der Waals surface area contributed by atoms with Crippen LogP contribution in [0.4, 0.5) is 18.0 Å². The molecule has 0 atom stereocenters. The van der Waals surface area contributed by atoms with Crippen LogP contribution >= 0.6 is 0 Å². The number of hydrazone groups is 1. The van der Waals surface area contributed by atoms with E-state index in [2.05, 4.69) is 21.0 Å². The quantitative estimate of drug-likeness (QED) is 0.765. The van der Waals surface area contributed by atoms with Gasteiger partial charge in [-0.15, -0.1) is 4.67 Å². The van der Waals surface area contributed by atoms with Crippen LogP contribution in [0.1, 0.15) is 45.7 Å². The average molecular weight is 405 g/mol. The van der Waals surface area contributed by atoms with E-state index < -0.39 is 23.4 Å². The summed E-state index contributed by atoms with van der Waals surface area (Å²) in [6, 6.07) is 5.22. The molecule has 1 amide bonds. The molecule has 152 valence electrons. The summed E-state index contributed by atoms with van der Waals surface area (Å²) in [7, 11) is 0. The molecule has 2 heterocycles. The summed E-state index contributed by atoms with van der Waals surface area (Å²) in [6.07, 6.45) is -5.28. The Hall–Kier alpha value is -3.28. The van der Waals surface area contributed by atoms with Gasteiger partial charge in [0.1, 0.15) is 11.3 Å². The van der Waals surface area contributed by atoms with Crippen LogP contribution in [0.2, 0.25) is 0 Å². The molecule has 1 aromatic rings. The lowest BCUT2D eigenvalue weighted by atomic mass is 9.94. The lowest BCUT2D eigenvalue weighted by molar-refractivity contribution is -0.137. The highest BCUT2D eigenvalue weighted by Gasteiger charge is 2.42. The van der Waals surface area contributed by atoms with Crippen molar-refractivity contribution in [2.45, 2.75) is 46.4 Å². The third-order valence-electron chi connectivity index (χ3n) is 4.24. The van der Waals surface area contributed by atoms with Crippen molar-refractivity contribution < 1.29 is 22.7 Å². The van der Waals surface area contributed by atoms with Crippen molar-refractivity contribution in [3.05, 3.63) is 52.4 Å². The zero-order valence-corrected chi connectivity index (χ0v) is 16.6. The number of rotatable bonds is 2. The monoisotopic (exact) mass is 405 g/mol. The van der Waals surface area contributed by atoms with Gasteiger partial charge in [0.15, 0.2) is 0 Å². The lowest BCUT2D eigenvalue weighted by Crippen LogP contribution is -2.40. The van der Waals surface area contributed by atoms with Crippen molar-refractivity contribution >= 4 is 23.5 Å². The Labute approximate surface area is 165 Å². The van der Waals surface area contributed by atoms with Crippen LogP contribution in [-0.2, 0) is 10.9 Å². The maximum atomic E-state index is 13.5. The fourth-order valence-corrected chi connectivity index (χ4v) is 2.84. The van der Waals surface area contributed by atoms with Crippen molar-refractivity contribution in [1.82, 2.24) is 15.0 Å².